The van der Waals surface area contributed by atoms with E-state index in [0.717, 1.165) is 31.5 Å². The van der Waals surface area contributed by atoms with Gasteiger partial charge in [0.15, 0.2) is 0 Å². The highest BCUT2D eigenvalue weighted by Gasteiger charge is 2.42. The van der Waals surface area contributed by atoms with Gasteiger partial charge in [-0.25, -0.2) is 4.98 Å². The number of rotatable bonds is 3. The van der Waals surface area contributed by atoms with Crippen LogP contribution in [0.25, 0.3) is 0 Å². The van der Waals surface area contributed by atoms with Gasteiger partial charge in [-0.2, -0.15) is 0 Å². The first-order valence-corrected chi connectivity index (χ1v) is 7.80. The van der Waals surface area contributed by atoms with Gasteiger partial charge in [0.2, 0.25) is 0 Å². The molecular formula is C16H26N2O. The van der Waals surface area contributed by atoms with Gasteiger partial charge in [-0.1, -0.05) is 12.8 Å². The van der Waals surface area contributed by atoms with Gasteiger partial charge in [-0.15, -0.1) is 0 Å². The monoisotopic (exact) mass is 262 g/mol. The first kappa shape index (κ1) is 13.2. The summed E-state index contributed by atoms with van der Waals surface area (Å²) >= 11 is 0. The minimum atomic E-state index is -0.431. The van der Waals surface area contributed by atoms with Crippen LogP contribution in [0.4, 0.5) is 0 Å². The summed E-state index contributed by atoms with van der Waals surface area (Å²) in [6.07, 6.45) is 15.7. The van der Waals surface area contributed by atoms with Crippen LogP contribution in [-0.4, -0.2) is 20.3 Å². The molecule has 2 saturated carbocycles. The van der Waals surface area contributed by atoms with Crippen molar-refractivity contribution in [2.24, 2.45) is 12.5 Å². The van der Waals surface area contributed by atoms with Crippen molar-refractivity contribution in [3.05, 3.63) is 18.2 Å². The molecule has 0 amide bonds. The molecule has 2 fully saturated rings. The van der Waals surface area contributed by atoms with E-state index in [1.165, 1.54) is 38.5 Å². The van der Waals surface area contributed by atoms with Crippen molar-refractivity contribution in [3.8, 4) is 0 Å². The molecule has 3 nitrogen and oxygen atoms in total. The molecule has 0 unspecified atom stereocenters. The minimum absolute atomic E-state index is 0.431. The molecule has 0 saturated heterocycles. The standard InChI is InChI=1S/C16H26N2O/c1-18-13-12-17-14(18)4-7-16(19)10-8-15(9-11-16)5-2-3-6-15/h12-13,19H,2-11H2,1H3. The lowest BCUT2D eigenvalue weighted by atomic mass is 9.66. The number of nitrogens with zero attached hydrogens (tertiary/aromatic N) is 2. The molecule has 1 aromatic heterocycles. The first-order chi connectivity index (χ1) is 9.11. The van der Waals surface area contributed by atoms with Crippen LogP contribution in [0.2, 0.25) is 0 Å². The third-order valence-electron chi connectivity index (χ3n) is 5.64. The number of aryl methyl sites for hydroxylation is 2. The Morgan fingerprint density at radius 2 is 1.84 bits per heavy atom. The number of imidazole rings is 1. The van der Waals surface area contributed by atoms with Crippen molar-refractivity contribution in [2.75, 3.05) is 0 Å². The fraction of sp³-hybridized carbons (Fsp3) is 0.812. The Hall–Kier alpha value is -0.830. The SMILES string of the molecule is Cn1ccnc1CCC1(O)CCC2(CCCC2)CC1. The average molecular weight is 262 g/mol. The molecule has 1 spiro atoms. The average Bonchev–Trinajstić information content (AvgIpc) is 3.02. The van der Waals surface area contributed by atoms with Crippen LogP contribution < -0.4 is 0 Å². The highest BCUT2D eigenvalue weighted by molar-refractivity contribution is 4.98. The van der Waals surface area contributed by atoms with Crippen LogP contribution in [0.1, 0.15) is 63.6 Å². The zero-order valence-corrected chi connectivity index (χ0v) is 12.1. The van der Waals surface area contributed by atoms with E-state index in [-0.39, 0.29) is 0 Å². The van der Waals surface area contributed by atoms with Crippen LogP contribution in [0.5, 0.6) is 0 Å². The highest BCUT2D eigenvalue weighted by Crippen LogP contribution is 2.51. The summed E-state index contributed by atoms with van der Waals surface area (Å²) < 4.78 is 2.06. The van der Waals surface area contributed by atoms with E-state index in [9.17, 15) is 5.11 Å². The van der Waals surface area contributed by atoms with Gasteiger partial charge in [0.25, 0.3) is 0 Å². The van der Waals surface area contributed by atoms with Gasteiger partial charge >= 0.3 is 0 Å². The van der Waals surface area contributed by atoms with Gasteiger partial charge < -0.3 is 9.67 Å². The zero-order chi connectivity index (χ0) is 13.3. The van der Waals surface area contributed by atoms with Gasteiger partial charge in [0.05, 0.1) is 5.60 Å². The lowest BCUT2D eigenvalue weighted by Crippen LogP contribution is -2.38. The molecule has 3 rings (SSSR count). The summed E-state index contributed by atoms with van der Waals surface area (Å²) in [7, 11) is 2.03. The smallest absolute Gasteiger partial charge is 0.108 e. The first-order valence-electron chi connectivity index (χ1n) is 7.80. The maximum atomic E-state index is 10.8. The lowest BCUT2D eigenvalue weighted by molar-refractivity contribution is -0.0389. The van der Waals surface area contributed by atoms with Crippen LogP contribution in [0.3, 0.4) is 0 Å². The number of aromatic nitrogens is 2. The van der Waals surface area contributed by atoms with Crippen molar-refractivity contribution in [1.82, 2.24) is 9.55 Å². The van der Waals surface area contributed by atoms with Crippen molar-refractivity contribution >= 4 is 0 Å². The number of hydrogen-bond acceptors (Lipinski definition) is 2. The van der Waals surface area contributed by atoms with Crippen molar-refractivity contribution in [2.45, 2.75) is 69.8 Å². The summed E-state index contributed by atoms with van der Waals surface area (Å²) in [4.78, 5) is 4.35. The van der Waals surface area contributed by atoms with Crippen LogP contribution in [0.15, 0.2) is 12.4 Å². The quantitative estimate of drug-likeness (QED) is 0.908. The molecule has 3 heteroatoms. The third-order valence-corrected chi connectivity index (χ3v) is 5.64. The number of aliphatic hydroxyl groups is 1. The summed E-state index contributed by atoms with van der Waals surface area (Å²) in [6, 6.07) is 0. The zero-order valence-electron chi connectivity index (χ0n) is 12.1. The minimum Gasteiger partial charge on any atom is -0.390 e. The summed E-state index contributed by atoms with van der Waals surface area (Å²) in [5, 5.41) is 10.8. The molecule has 1 aromatic rings. The van der Waals surface area contributed by atoms with E-state index < -0.39 is 5.60 Å². The molecule has 19 heavy (non-hydrogen) atoms. The van der Waals surface area contributed by atoms with E-state index in [0.29, 0.717) is 5.41 Å². The molecular weight excluding hydrogens is 236 g/mol. The molecule has 0 bridgehead atoms. The predicted molar refractivity (Wildman–Crippen MR) is 75.8 cm³/mol. The Kier molecular flexibility index (Phi) is 3.42. The van der Waals surface area contributed by atoms with E-state index in [4.69, 9.17) is 0 Å². The lowest BCUT2D eigenvalue weighted by Gasteiger charge is -2.42. The summed E-state index contributed by atoms with van der Waals surface area (Å²) in [5.74, 6) is 1.09. The predicted octanol–water partition coefficient (Wildman–Crippen LogP) is 3.22. The van der Waals surface area contributed by atoms with Gasteiger partial charge in [-0.3, -0.25) is 0 Å². The molecule has 0 atom stereocenters. The van der Waals surface area contributed by atoms with Crippen LogP contribution in [-0.2, 0) is 13.5 Å². The fourth-order valence-electron chi connectivity index (χ4n) is 4.10. The molecule has 106 valence electrons. The Morgan fingerprint density at radius 3 is 2.42 bits per heavy atom. The van der Waals surface area contributed by atoms with E-state index in [2.05, 4.69) is 9.55 Å². The number of hydrogen-bond donors (Lipinski definition) is 1. The van der Waals surface area contributed by atoms with Gasteiger partial charge in [-0.05, 0) is 50.4 Å². The second-order valence-electron chi connectivity index (χ2n) is 6.89. The topological polar surface area (TPSA) is 38.0 Å². The maximum absolute atomic E-state index is 10.8. The van der Waals surface area contributed by atoms with E-state index >= 15 is 0 Å². The van der Waals surface area contributed by atoms with Crippen LogP contribution in [0, 0.1) is 5.41 Å². The van der Waals surface area contributed by atoms with Crippen molar-refractivity contribution in [1.29, 1.82) is 0 Å². The normalized spacial score (nSPS) is 24.9. The Morgan fingerprint density at radius 1 is 1.16 bits per heavy atom. The van der Waals surface area contributed by atoms with Crippen molar-refractivity contribution in [3.63, 3.8) is 0 Å². The Balaban J connectivity index is 1.55. The molecule has 1 N–H and O–H groups in total. The summed E-state index contributed by atoms with van der Waals surface area (Å²) in [5.41, 5.74) is 0.176. The molecule has 1 heterocycles. The molecule has 0 aromatic carbocycles. The Bertz CT molecular complexity index is 422. The summed E-state index contributed by atoms with van der Waals surface area (Å²) in [6.45, 7) is 0. The van der Waals surface area contributed by atoms with E-state index in [1.807, 2.05) is 19.4 Å². The largest absolute Gasteiger partial charge is 0.390 e. The second-order valence-corrected chi connectivity index (χ2v) is 6.89. The molecule has 0 radical (unpaired) electrons. The van der Waals surface area contributed by atoms with Crippen LogP contribution >= 0.6 is 0 Å². The van der Waals surface area contributed by atoms with E-state index in [1.54, 1.807) is 0 Å². The Labute approximate surface area is 116 Å². The molecule has 2 aliphatic carbocycles. The van der Waals surface area contributed by atoms with Crippen molar-refractivity contribution < 1.29 is 5.11 Å². The highest BCUT2D eigenvalue weighted by atomic mass is 16.3. The molecule has 2 aliphatic rings. The van der Waals surface area contributed by atoms with Gasteiger partial charge in [0, 0.05) is 25.9 Å². The second kappa shape index (κ2) is 4.93. The maximum Gasteiger partial charge on any atom is 0.108 e. The van der Waals surface area contributed by atoms with Gasteiger partial charge in [0.1, 0.15) is 5.82 Å². The molecule has 0 aliphatic heterocycles. The third kappa shape index (κ3) is 2.71. The fourth-order valence-corrected chi connectivity index (χ4v) is 4.10.